The van der Waals surface area contributed by atoms with E-state index < -0.39 is 10.0 Å². The molecule has 0 fully saturated rings. The summed E-state index contributed by atoms with van der Waals surface area (Å²) in [5.41, 5.74) is 2.24. The highest BCUT2D eigenvalue weighted by molar-refractivity contribution is 14.1. The fourth-order valence-corrected chi connectivity index (χ4v) is 5.37. The maximum Gasteiger partial charge on any atom is 0.280 e. The van der Waals surface area contributed by atoms with Gasteiger partial charge >= 0.3 is 0 Å². The Hall–Kier alpha value is -1.51. The summed E-state index contributed by atoms with van der Waals surface area (Å²) in [5.74, 6) is 0.412. The number of carbonyl (C=O) groups excluding carboxylic acids is 1. The monoisotopic (exact) mass is 651 g/mol. The second kappa shape index (κ2) is 8.93. The highest BCUT2D eigenvalue weighted by atomic mass is 127. The normalized spacial score (nSPS) is 15.8. The van der Waals surface area contributed by atoms with Crippen molar-refractivity contribution in [3.8, 4) is 5.75 Å². The van der Waals surface area contributed by atoms with E-state index in [1.165, 1.54) is 29.3 Å². The molecule has 0 bridgehead atoms. The topological polar surface area (TPSA) is 102 Å². The molecule has 1 aliphatic rings. The molecule has 0 aromatic heterocycles. The molecule has 30 heavy (non-hydrogen) atoms. The Labute approximate surface area is 202 Å². The van der Waals surface area contributed by atoms with Crippen LogP contribution < -0.4 is 14.9 Å². The number of sulfonamides is 1. The number of benzene rings is 2. The van der Waals surface area contributed by atoms with E-state index in [-0.39, 0.29) is 16.9 Å². The average molecular weight is 651 g/mol. The Morgan fingerprint density at radius 2 is 1.80 bits per heavy atom. The van der Waals surface area contributed by atoms with E-state index in [4.69, 9.17) is 9.88 Å². The van der Waals surface area contributed by atoms with Crippen LogP contribution in [-0.4, -0.2) is 26.1 Å². The van der Waals surface area contributed by atoms with Crippen LogP contribution in [0.4, 0.5) is 5.69 Å². The van der Waals surface area contributed by atoms with Crippen LogP contribution in [0.1, 0.15) is 26.3 Å². The van der Waals surface area contributed by atoms with Crippen LogP contribution in [0.25, 0.3) is 6.08 Å². The summed E-state index contributed by atoms with van der Waals surface area (Å²) in [6.07, 6.45) is 1.76. The van der Waals surface area contributed by atoms with Crippen molar-refractivity contribution in [2.75, 3.05) is 5.01 Å². The lowest BCUT2D eigenvalue weighted by Gasteiger charge is -2.16. The zero-order valence-corrected chi connectivity index (χ0v) is 21.5. The summed E-state index contributed by atoms with van der Waals surface area (Å²) in [6.45, 7) is 5.65. The number of nitrogens with two attached hydrogens (primary N) is 1. The minimum absolute atomic E-state index is 0.0152. The number of rotatable bonds is 5. The maximum absolute atomic E-state index is 13.1. The molecule has 1 heterocycles. The number of anilines is 1. The minimum atomic E-state index is -3.81. The second-order valence-corrected chi connectivity index (χ2v) is 10.8. The van der Waals surface area contributed by atoms with Crippen molar-refractivity contribution in [3.63, 3.8) is 0 Å². The van der Waals surface area contributed by atoms with E-state index in [9.17, 15) is 13.2 Å². The Bertz CT molecular complexity index is 1170. The van der Waals surface area contributed by atoms with Gasteiger partial charge in [-0.05, 0) is 108 Å². The SMILES string of the molecule is CC1=NN(c2ccc(S(N)(=O)=O)cc2)C(=O)/C1=C\c1cc(I)cc(I)c1OC(C)C. The summed E-state index contributed by atoms with van der Waals surface area (Å²) < 4.78 is 30.9. The van der Waals surface area contributed by atoms with Gasteiger partial charge in [0.05, 0.1) is 31.5 Å². The number of hydrogen-bond acceptors (Lipinski definition) is 5. The van der Waals surface area contributed by atoms with E-state index >= 15 is 0 Å². The molecular formula is C20H19I2N3O4S. The van der Waals surface area contributed by atoms with Gasteiger partial charge in [-0.15, -0.1) is 0 Å². The van der Waals surface area contributed by atoms with Gasteiger partial charge in [0.25, 0.3) is 5.91 Å². The van der Waals surface area contributed by atoms with E-state index in [0.717, 1.165) is 18.5 Å². The lowest BCUT2D eigenvalue weighted by atomic mass is 10.1. The number of amides is 1. The van der Waals surface area contributed by atoms with Crippen LogP contribution in [0.5, 0.6) is 5.75 Å². The number of hydrogen-bond donors (Lipinski definition) is 1. The maximum atomic E-state index is 13.1. The van der Waals surface area contributed by atoms with Crippen molar-refractivity contribution < 1.29 is 17.9 Å². The third kappa shape index (κ3) is 5.03. The van der Waals surface area contributed by atoms with E-state index in [1.807, 2.05) is 26.0 Å². The lowest BCUT2D eigenvalue weighted by molar-refractivity contribution is -0.114. The lowest BCUT2D eigenvalue weighted by Crippen LogP contribution is -2.21. The van der Waals surface area contributed by atoms with Gasteiger partial charge in [-0.1, -0.05) is 0 Å². The molecule has 10 heteroatoms. The van der Waals surface area contributed by atoms with Crippen molar-refractivity contribution in [1.82, 2.24) is 0 Å². The third-order valence-electron chi connectivity index (χ3n) is 4.16. The van der Waals surface area contributed by atoms with Gasteiger partial charge in [0, 0.05) is 9.13 Å². The molecule has 2 aromatic rings. The van der Waals surface area contributed by atoms with Gasteiger partial charge in [-0.2, -0.15) is 10.1 Å². The third-order valence-corrected chi connectivity index (χ3v) is 6.52. The van der Waals surface area contributed by atoms with Crippen LogP contribution in [0, 0.1) is 7.14 Å². The quantitative estimate of drug-likeness (QED) is 0.388. The minimum Gasteiger partial charge on any atom is -0.489 e. The summed E-state index contributed by atoms with van der Waals surface area (Å²) in [5, 5.41) is 10.7. The van der Waals surface area contributed by atoms with Crippen LogP contribution in [-0.2, 0) is 14.8 Å². The molecule has 0 radical (unpaired) electrons. The molecule has 2 N–H and O–H groups in total. The molecule has 0 unspecified atom stereocenters. The number of carbonyl (C=O) groups is 1. The van der Waals surface area contributed by atoms with Crippen molar-refractivity contribution in [2.24, 2.45) is 10.2 Å². The molecule has 0 atom stereocenters. The smallest absolute Gasteiger partial charge is 0.280 e. The summed E-state index contributed by atoms with van der Waals surface area (Å²) >= 11 is 4.45. The standard InChI is InChI=1S/C20H19I2N3O4S/c1-11(2)29-19-13(8-14(21)10-18(19)22)9-17-12(3)24-25(20(17)26)15-4-6-16(7-5-15)30(23,27)28/h4-11H,1-3H3,(H2,23,27,28)/b17-9-. The Balaban J connectivity index is 1.99. The second-order valence-electron chi connectivity index (χ2n) is 6.87. The largest absolute Gasteiger partial charge is 0.489 e. The van der Waals surface area contributed by atoms with Crippen molar-refractivity contribution in [2.45, 2.75) is 31.8 Å². The zero-order valence-electron chi connectivity index (χ0n) is 16.4. The molecule has 2 aromatic carbocycles. The Morgan fingerprint density at radius 1 is 1.17 bits per heavy atom. The Kier molecular flexibility index (Phi) is 6.89. The van der Waals surface area contributed by atoms with Gasteiger partial charge in [0.2, 0.25) is 10.0 Å². The van der Waals surface area contributed by atoms with Crippen LogP contribution in [0.3, 0.4) is 0 Å². The van der Waals surface area contributed by atoms with E-state index in [0.29, 0.717) is 17.0 Å². The highest BCUT2D eigenvalue weighted by Gasteiger charge is 2.29. The zero-order chi connectivity index (χ0) is 22.2. The number of halogens is 2. The summed E-state index contributed by atoms with van der Waals surface area (Å²) in [6, 6.07) is 9.66. The molecule has 3 rings (SSSR count). The molecule has 158 valence electrons. The number of ether oxygens (including phenoxy) is 1. The molecule has 7 nitrogen and oxygen atoms in total. The van der Waals surface area contributed by atoms with Crippen molar-refractivity contribution >= 4 is 78.6 Å². The first-order valence-electron chi connectivity index (χ1n) is 8.87. The molecule has 0 saturated heterocycles. The first kappa shape index (κ1) is 23.2. The fraction of sp³-hybridized carbons (Fsp3) is 0.200. The summed E-state index contributed by atoms with van der Waals surface area (Å²) in [7, 11) is -3.81. The van der Waals surface area contributed by atoms with Gasteiger partial charge in [-0.25, -0.2) is 13.6 Å². The predicted molar refractivity (Wildman–Crippen MR) is 134 cm³/mol. The molecule has 1 amide bonds. The van der Waals surface area contributed by atoms with E-state index in [1.54, 1.807) is 13.0 Å². The van der Waals surface area contributed by atoms with E-state index in [2.05, 4.69) is 50.3 Å². The molecule has 0 aliphatic carbocycles. The van der Waals surface area contributed by atoms with Crippen molar-refractivity contribution in [1.29, 1.82) is 0 Å². The number of primary sulfonamides is 1. The van der Waals surface area contributed by atoms with Gasteiger partial charge < -0.3 is 4.74 Å². The van der Waals surface area contributed by atoms with Gasteiger partial charge in [0.1, 0.15) is 5.75 Å². The predicted octanol–water partition coefficient (Wildman–Crippen LogP) is 4.14. The first-order chi connectivity index (χ1) is 14.0. The fourth-order valence-electron chi connectivity index (χ4n) is 2.84. The van der Waals surface area contributed by atoms with Crippen molar-refractivity contribution in [3.05, 3.63) is 54.7 Å². The van der Waals surface area contributed by atoms with Crippen LogP contribution >= 0.6 is 45.2 Å². The number of nitrogens with zero attached hydrogens (tertiary/aromatic N) is 2. The molecule has 0 saturated carbocycles. The Morgan fingerprint density at radius 3 is 2.37 bits per heavy atom. The molecule has 1 aliphatic heterocycles. The van der Waals surface area contributed by atoms with Gasteiger partial charge in [0.15, 0.2) is 0 Å². The highest BCUT2D eigenvalue weighted by Crippen LogP contribution is 2.33. The average Bonchev–Trinajstić information content (AvgIpc) is 2.92. The van der Waals surface area contributed by atoms with Gasteiger partial charge in [-0.3, -0.25) is 4.79 Å². The molecular weight excluding hydrogens is 632 g/mol. The summed E-state index contributed by atoms with van der Waals surface area (Å²) in [4.78, 5) is 13.0. The molecule has 0 spiro atoms. The van der Waals surface area contributed by atoms with Crippen LogP contribution in [0.2, 0.25) is 0 Å². The van der Waals surface area contributed by atoms with Crippen LogP contribution in [0.15, 0.2) is 52.0 Å². The number of hydrazone groups is 1. The first-order valence-corrected chi connectivity index (χ1v) is 12.6.